The van der Waals surface area contributed by atoms with E-state index in [1.165, 1.54) is 16.7 Å². The van der Waals surface area contributed by atoms with E-state index < -0.39 is 0 Å². The highest BCUT2D eigenvalue weighted by atomic mass is 15.1. The highest BCUT2D eigenvalue weighted by Crippen LogP contribution is 2.38. The summed E-state index contributed by atoms with van der Waals surface area (Å²) in [4.78, 5) is 2.28. The number of hydrogen-bond acceptors (Lipinski definition) is 2. The molecule has 2 heteroatoms. The van der Waals surface area contributed by atoms with Gasteiger partial charge in [0.15, 0.2) is 0 Å². The van der Waals surface area contributed by atoms with Gasteiger partial charge in [0.2, 0.25) is 0 Å². The summed E-state index contributed by atoms with van der Waals surface area (Å²) in [6, 6.07) is 47.0. The smallest absolute Gasteiger partial charge is 0.0482 e. The molecule has 0 bridgehead atoms. The monoisotopic (exact) mass is 468 g/mol. The molecule has 36 heavy (non-hydrogen) atoms. The Kier molecular flexibility index (Phi) is 6.60. The fourth-order valence-corrected chi connectivity index (χ4v) is 4.46. The van der Waals surface area contributed by atoms with Crippen LogP contribution in [0.25, 0.3) is 11.1 Å². The lowest BCUT2D eigenvalue weighted by Crippen LogP contribution is -2.11. The molecule has 0 unspecified atom stereocenters. The summed E-state index contributed by atoms with van der Waals surface area (Å²) in [5.41, 5.74) is 9.30. The second-order valence-corrected chi connectivity index (χ2v) is 10.1. The summed E-state index contributed by atoms with van der Waals surface area (Å²) in [7, 11) is 0. The van der Waals surface area contributed by atoms with Crippen LogP contribution < -0.4 is 10.2 Å². The van der Waals surface area contributed by atoms with Crippen molar-refractivity contribution in [2.75, 3.05) is 10.2 Å². The summed E-state index contributed by atoms with van der Waals surface area (Å²) in [5.74, 6) is 0. The first-order chi connectivity index (χ1) is 17.5. The number of rotatable bonds is 6. The summed E-state index contributed by atoms with van der Waals surface area (Å²) >= 11 is 0. The van der Waals surface area contributed by atoms with Gasteiger partial charge in [0.1, 0.15) is 0 Å². The normalized spacial score (nSPS) is 11.2. The fourth-order valence-electron chi connectivity index (χ4n) is 4.46. The summed E-state index contributed by atoms with van der Waals surface area (Å²) in [6.45, 7) is 6.78. The number of hydrogen-bond donors (Lipinski definition) is 1. The van der Waals surface area contributed by atoms with E-state index in [0.29, 0.717) is 0 Å². The first kappa shape index (κ1) is 23.4. The van der Waals surface area contributed by atoms with Gasteiger partial charge in [-0.25, -0.2) is 0 Å². The molecule has 178 valence electrons. The summed E-state index contributed by atoms with van der Waals surface area (Å²) in [6.07, 6.45) is 0. The quantitative estimate of drug-likeness (QED) is 0.267. The molecule has 0 heterocycles. The van der Waals surface area contributed by atoms with Gasteiger partial charge >= 0.3 is 0 Å². The molecule has 0 saturated carbocycles. The Labute approximate surface area is 214 Å². The summed E-state index contributed by atoms with van der Waals surface area (Å²) < 4.78 is 0. The van der Waals surface area contributed by atoms with Gasteiger partial charge in [0.25, 0.3) is 0 Å². The zero-order valence-electron chi connectivity index (χ0n) is 21.1. The molecule has 1 N–H and O–H groups in total. The maximum Gasteiger partial charge on any atom is 0.0482 e. The third-order valence-corrected chi connectivity index (χ3v) is 6.38. The molecule has 0 aromatic heterocycles. The van der Waals surface area contributed by atoms with Gasteiger partial charge in [-0.3, -0.25) is 0 Å². The second-order valence-electron chi connectivity index (χ2n) is 10.1. The standard InChI is InChI=1S/C34H32N2/c1-34(2,3)27-22-23-33(32(24-27)26-14-7-4-8-15-26)35-28-16-13-21-31(25-28)36(29-17-9-5-10-18-29)30-19-11-6-12-20-30/h4-25,35H,1-3H3. The number of nitrogens with zero attached hydrogens (tertiary/aromatic N) is 1. The van der Waals surface area contributed by atoms with Gasteiger partial charge in [-0.05, 0) is 71.1 Å². The van der Waals surface area contributed by atoms with Crippen molar-refractivity contribution in [2.24, 2.45) is 0 Å². The Morgan fingerprint density at radius 1 is 0.528 bits per heavy atom. The molecule has 0 aliphatic carbocycles. The van der Waals surface area contributed by atoms with Gasteiger partial charge < -0.3 is 10.2 Å². The third-order valence-electron chi connectivity index (χ3n) is 6.38. The predicted octanol–water partition coefficient (Wildman–Crippen LogP) is 9.86. The fraction of sp³-hybridized carbons (Fsp3) is 0.118. The van der Waals surface area contributed by atoms with E-state index in [0.717, 1.165) is 28.4 Å². The van der Waals surface area contributed by atoms with Gasteiger partial charge in [-0.15, -0.1) is 0 Å². The van der Waals surface area contributed by atoms with E-state index >= 15 is 0 Å². The van der Waals surface area contributed by atoms with E-state index in [9.17, 15) is 0 Å². The van der Waals surface area contributed by atoms with Crippen LogP contribution >= 0.6 is 0 Å². The molecule has 5 rings (SSSR count). The molecule has 0 saturated heterocycles. The molecule has 0 radical (unpaired) electrons. The van der Waals surface area contributed by atoms with Crippen molar-refractivity contribution in [3.05, 3.63) is 139 Å². The van der Waals surface area contributed by atoms with Crippen LogP contribution in [0.4, 0.5) is 28.4 Å². The topological polar surface area (TPSA) is 15.3 Å². The van der Waals surface area contributed by atoms with E-state index in [4.69, 9.17) is 0 Å². The van der Waals surface area contributed by atoms with E-state index in [2.05, 4.69) is 164 Å². The number of nitrogens with one attached hydrogen (secondary N) is 1. The van der Waals surface area contributed by atoms with Gasteiger partial charge in [-0.2, -0.15) is 0 Å². The van der Waals surface area contributed by atoms with Crippen molar-refractivity contribution < 1.29 is 0 Å². The van der Waals surface area contributed by atoms with E-state index in [1.807, 2.05) is 0 Å². The van der Waals surface area contributed by atoms with Crippen molar-refractivity contribution in [3.63, 3.8) is 0 Å². The zero-order chi connectivity index (χ0) is 25.0. The average molecular weight is 469 g/mol. The molecule has 0 amide bonds. The molecule has 0 aliphatic rings. The average Bonchev–Trinajstić information content (AvgIpc) is 2.90. The highest BCUT2D eigenvalue weighted by Gasteiger charge is 2.17. The Balaban J connectivity index is 1.55. The van der Waals surface area contributed by atoms with Crippen LogP contribution in [0.2, 0.25) is 0 Å². The highest BCUT2D eigenvalue weighted by molar-refractivity contribution is 5.84. The van der Waals surface area contributed by atoms with E-state index in [-0.39, 0.29) is 5.41 Å². The molecule has 2 nitrogen and oxygen atoms in total. The molecule has 0 atom stereocenters. The predicted molar refractivity (Wildman–Crippen MR) is 155 cm³/mol. The molecule has 0 aliphatic heterocycles. The Morgan fingerprint density at radius 3 is 1.67 bits per heavy atom. The van der Waals surface area contributed by atoms with Crippen molar-refractivity contribution in [1.82, 2.24) is 0 Å². The number of anilines is 5. The lowest BCUT2D eigenvalue weighted by molar-refractivity contribution is 0.590. The number of benzene rings is 5. The zero-order valence-corrected chi connectivity index (χ0v) is 21.1. The van der Waals surface area contributed by atoms with Crippen LogP contribution in [-0.2, 0) is 5.41 Å². The molecule has 5 aromatic carbocycles. The van der Waals surface area contributed by atoms with Crippen molar-refractivity contribution in [1.29, 1.82) is 0 Å². The van der Waals surface area contributed by atoms with Gasteiger partial charge in [0, 0.05) is 34.0 Å². The Bertz CT molecular complexity index is 1380. The first-order valence-corrected chi connectivity index (χ1v) is 12.5. The maximum absolute atomic E-state index is 3.72. The SMILES string of the molecule is CC(C)(C)c1ccc(Nc2cccc(N(c3ccccc3)c3ccccc3)c2)c(-c2ccccc2)c1. The van der Waals surface area contributed by atoms with Crippen LogP contribution in [0.3, 0.4) is 0 Å². The summed E-state index contributed by atoms with van der Waals surface area (Å²) in [5, 5.41) is 3.72. The third kappa shape index (κ3) is 5.18. The lowest BCUT2D eigenvalue weighted by atomic mass is 9.85. The lowest BCUT2D eigenvalue weighted by Gasteiger charge is -2.26. The second kappa shape index (κ2) is 10.1. The largest absolute Gasteiger partial charge is 0.355 e. The van der Waals surface area contributed by atoms with Crippen LogP contribution in [0.15, 0.2) is 133 Å². The molecule has 5 aromatic rings. The first-order valence-electron chi connectivity index (χ1n) is 12.5. The van der Waals surface area contributed by atoms with E-state index in [1.54, 1.807) is 0 Å². The minimum absolute atomic E-state index is 0.0772. The molecule has 0 fully saturated rings. The molecular formula is C34H32N2. The van der Waals surface area contributed by atoms with Gasteiger partial charge in [-0.1, -0.05) is 99.6 Å². The maximum atomic E-state index is 3.72. The molecule has 0 spiro atoms. The minimum Gasteiger partial charge on any atom is -0.355 e. The van der Waals surface area contributed by atoms with Crippen molar-refractivity contribution in [2.45, 2.75) is 26.2 Å². The van der Waals surface area contributed by atoms with Crippen LogP contribution in [-0.4, -0.2) is 0 Å². The van der Waals surface area contributed by atoms with Crippen LogP contribution in [0.5, 0.6) is 0 Å². The van der Waals surface area contributed by atoms with Crippen molar-refractivity contribution in [3.8, 4) is 11.1 Å². The minimum atomic E-state index is 0.0772. The van der Waals surface area contributed by atoms with Crippen LogP contribution in [0, 0.1) is 0 Å². The Morgan fingerprint density at radius 2 is 1.08 bits per heavy atom. The number of para-hydroxylation sites is 2. The Hall–Kier alpha value is -4.30. The molecular weight excluding hydrogens is 436 g/mol. The van der Waals surface area contributed by atoms with Crippen molar-refractivity contribution >= 4 is 28.4 Å². The van der Waals surface area contributed by atoms with Crippen LogP contribution in [0.1, 0.15) is 26.3 Å². The van der Waals surface area contributed by atoms with Gasteiger partial charge in [0.05, 0.1) is 0 Å².